The smallest absolute Gasteiger partial charge is 0.325 e. The summed E-state index contributed by atoms with van der Waals surface area (Å²) in [5.74, 6) is -0.792. The van der Waals surface area contributed by atoms with E-state index in [1.165, 1.54) is 18.0 Å². The van der Waals surface area contributed by atoms with Crippen molar-refractivity contribution in [2.24, 2.45) is 0 Å². The van der Waals surface area contributed by atoms with Gasteiger partial charge < -0.3 is 14.8 Å². The monoisotopic (exact) mass is 467 g/mol. The van der Waals surface area contributed by atoms with Crippen LogP contribution in [0.1, 0.15) is 16.1 Å². The molecule has 0 fully saturated rings. The number of carbonyl (C=O) groups excluding carboxylic acids is 2. The second kappa shape index (κ2) is 9.60. The zero-order valence-corrected chi connectivity index (χ0v) is 18.8. The maximum Gasteiger partial charge on any atom is 0.325 e. The molecule has 3 aromatic heterocycles. The highest BCUT2D eigenvalue weighted by Crippen LogP contribution is 2.38. The summed E-state index contributed by atoms with van der Waals surface area (Å²) in [4.78, 5) is 33.9. The molecule has 5 aromatic rings. The predicted octanol–water partition coefficient (Wildman–Crippen LogP) is 3.43. The fourth-order valence-electron chi connectivity index (χ4n) is 3.90. The second-order valence-electron chi connectivity index (χ2n) is 7.65. The number of pyridine rings is 2. The summed E-state index contributed by atoms with van der Waals surface area (Å²) in [6.45, 7) is -0.0725. The highest BCUT2D eigenvalue weighted by atomic mass is 16.5. The van der Waals surface area contributed by atoms with Crippen molar-refractivity contribution in [1.29, 1.82) is 0 Å². The zero-order valence-electron chi connectivity index (χ0n) is 18.8. The molecule has 35 heavy (non-hydrogen) atoms. The van der Waals surface area contributed by atoms with Gasteiger partial charge in [-0.15, -0.1) is 0 Å². The Bertz CT molecular complexity index is 1520. The quantitative estimate of drug-likeness (QED) is 0.365. The number of amides is 1. The molecule has 0 aliphatic heterocycles. The molecular weight excluding hydrogens is 446 g/mol. The lowest BCUT2D eigenvalue weighted by Gasteiger charge is -2.17. The molecule has 174 valence electrons. The Morgan fingerprint density at radius 3 is 2.57 bits per heavy atom. The molecule has 0 aliphatic carbocycles. The Kier molecular flexibility index (Phi) is 6.04. The maximum atomic E-state index is 13.3. The summed E-state index contributed by atoms with van der Waals surface area (Å²) in [6.07, 6.45) is 3.10. The Morgan fingerprint density at radius 2 is 1.80 bits per heavy atom. The maximum absolute atomic E-state index is 13.3. The highest BCUT2D eigenvalue weighted by Gasteiger charge is 2.25. The minimum absolute atomic E-state index is 0.128. The average Bonchev–Trinajstić information content (AvgIpc) is 3.40. The van der Waals surface area contributed by atoms with E-state index in [1.54, 1.807) is 6.20 Å². The van der Waals surface area contributed by atoms with Crippen LogP contribution in [-0.4, -0.2) is 45.1 Å². The number of esters is 1. The minimum atomic E-state index is -0.571. The lowest BCUT2D eigenvalue weighted by molar-refractivity contribution is -0.139. The molecule has 0 radical (unpaired) electrons. The molecule has 9 nitrogen and oxygen atoms in total. The first-order chi connectivity index (χ1) is 17.2. The van der Waals surface area contributed by atoms with Gasteiger partial charge in [-0.05, 0) is 17.7 Å². The van der Waals surface area contributed by atoms with Gasteiger partial charge in [-0.1, -0.05) is 54.6 Å². The Morgan fingerprint density at radius 1 is 0.971 bits per heavy atom. The third-order valence-corrected chi connectivity index (χ3v) is 5.51. The largest absolute Gasteiger partial charge is 0.486 e. The molecule has 0 aliphatic rings. The molecule has 5 rings (SSSR count). The number of nitrogens with zero attached hydrogens (tertiary/aromatic N) is 4. The van der Waals surface area contributed by atoms with E-state index in [1.807, 2.05) is 66.7 Å². The summed E-state index contributed by atoms with van der Waals surface area (Å²) in [5, 5.41) is 8.32. The van der Waals surface area contributed by atoms with Crippen LogP contribution in [0.15, 0.2) is 79.3 Å². The van der Waals surface area contributed by atoms with Crippen LogP contribution in [0.4, 0.5) is 0 Å². The number of nitrogens with one attached hydrogen (secondary N) is 1. The van der Waals surface area contributed by atoms with Crippen LogP contribution in [0.25, 0.3) is 27.7 Å². The van der Waals surface area contributed by atoms with Gasteiger partial charge in [0.25, 0.3) is 5.91 Å². The summed E-state index contributed by atoms with van der Waals surface area (Å²) in [7, 11) is 1.26. The highest BCUT2D eigenvalue weighted by molar-refractivity contribution is 6.12. The van der Waals surface area contributed by atoms with Crippen molar-refractivity contribution in [1.82, 2.24) is 24.9 Å². The topological polar surface area (TPSA) is 108 Å². The molecule has 0 saturated carbocycles. The summed E-state index contributed by atoms with van der Waals surface area (Å²) < 4.78 is 12.4. The predicted molar refractivity (Wildman–Crippen MR) is 129 cm³/mol. The average molecular weight is 467 g/mol. The number of methoxy groups -OCH3 is 1. The van der Waals surface area contributed by atoms with E-state index in [0.29, 0.717) is 16.8 Å². The van der Waals surface area contributed by atoms with Crippen molar-refractivity contribution in [2.45, 2.75) is 6.61 Å². The van der Waals surface area contributed by atoms with E-state index in [9.17, 15) is 9.59 Å². The number of hydrogen-bond donors (Lipinski definition) is 1. The standard InChI is InChI=1S/C26H21N5O4/c1-34-21(32)14-28-26(33)23-24(35-15-17-8-3-2-4-9-17)19-11-7-10-18(20-12-5-6-13-27-20)22(19)25-29-16-30-31(23)25/h2-13,16H,14-15H2,1H3,(H,28,33). The Balaban J connectivity index is 1.73. The lowest BCUT2D eigenvalue weighted by Crippen LogP contribution is -2.32. The molecule has 9 heteroatoms. The number of aromatic nitrogens is 4. The fourth-order valence-corrected chi connectivity index (χ4v) is 3.90. The second-order valence-corrected chi connectivity index (χ2v) is 7.65. The Labute approximate surface area is 200 Å². The van der Waals surface area contributed by atoms with Crippen molar-refractivity contribution in [3.8, 4) is 17.0 Å². The van der Waals surface area contributed by atoms with Crippen LogP contribution in [0.3, 0.4) is 0 Å². The molecule has 0 spiro atoms. The molecule has 1 amide bonds. The van der Waals surface area contributed by atoms with Crippen LogP contribution < -0.4 is 10.1 Å². The molecule has 3 heterocycles. The molecule has 0 saturated heterocycles. The van der Waals surface area contributed by atoms with Crippen molar-refractivity contribution in [2.75, 3.05) is 13.7 Å². The van der Waals surface area contributed by atoms with Crippen LogP contribution in [0.2, 0.25) is 0 Å². The number of rotatable bonds is 7. The zero-order chi connectivity index (χ0) is 24.2. The van der Waals surface area contributed by atoms with E-state index in [-0.39, 0.29) is 18.8 Å². The lowest BCUT2D eigenvalue weighted by atomic mass is 10.0. The summed E-state index contributed by atoms with van der Waals surface area (Å²) in [5.41, 5.74) is 3.10. The van der Waals surface area contributed by atoms with Gasteiger partial charge in [0, 0.05) is 22.5 Å². The van der Waals surface area contributed by atoms with Crippen LogP contribution in [0, 0.1) is 0 Å². The van der Waals surface area contributed by atoms with Gasteiger partial charge >= 0.3 is 5.97 Å². The van der Waals surface area contributed by atoms with Crippen molar-refractivity contribution in [3.05, 3.63) is 90.5 Å². The van der Waals surface area contributed by atoms with E-state index in [2.05, 4.69) is 25.1 Å². The van der Waals surface area contributed by atoms with E-state index >= 15 is 0 Å². The molecule has 0 atom stereocenters. The first-order valence-electron chi connectivity index (χ1n) is 10.9. The van der Waals surface area contributed by atoms with E-state index in [0.717, 1.165) is 22.2 Å². The number of fused-ring (bicyclic) bond motifs is 3. The van der Waals surface area contributed by atoms with Gasteiger partial charge in [-0.25, -0.2) is 9.50 Å². The van der Waals surface area contributed by atoms with Gasteiger partial charge in [-0.3, -0.25) is 14.6 Å². The van der Waals surface area contributed by atoms with Crippen molar-refractivity contribution < 1.29 is 19.1 Å². The fraction of sp³-hybridized carbons (Fsp3) is 0.115. The minimum Gasteiger partial charge on any atom is -0.486 e. The van der Waals surface area contributed by atoms with Crippen LogP contribution in [-0.2, 0) is 16.1 Å². The number of carbonyl (C=O) groups is 2. The number of benzene rings is 2. The molecule has 0 unspecified atom stereocenters. The first-order valence-corrected chi connectivity index (χ1v) is 10.9. The van der Waals surface area contributed by atoms with Gasteiger partial charge in [0.15, 0.2) is 17.1 Å². The normalized spacial score (nSPS) is 10.9. The van der Waals surface area contributed by atoms with Gasteiger partial charge in [0.1, 0.15) is 19.5 Å². The molecule has 2 aromatic carbocycles. The number of ether oxygens (including phenoxy) is 2. The van der Waals surface area contributed by atoms with Crippen molar-refractivity contribution in [3.63, 3.8) is 0 Å². The molecule has 0 bridgehead atoms. The molecular formula is C26H21N5O4. The van der Waals surface area contributed by atoms with E-state index in [4.69, 9.17) is 4.74 Å². The summed E-state index contributed by atoms with van der Waals surface area (Å²) >= 11 is 0. The van der Waals surface area contributed by atoms with Gasteiger partial charge in [0.2, 0.25) is 0 Å². The number of hydrogen-bond acceptors (Lipinski definition) is 7. The molecule has 1 N–H and O–H groups in total. The van der Waals surface area contributed by atoms with Gasteiger partial charge in [0.05, 0.1) is 12.8 Å². The van der Waals surface area contributed by atoms with Gasteiger partial charge in [-0.2, -0.15) is 5.10 Å². The third-order valence-electron chi connectivity index (χ3n) is 5.51. The van der Waals surface area contributed by atoms with Crippen LogP contribution in [0.5, 0.6) is 5.75 Å². The van der Waals surface area contributed by atoms with Crippen LogP contribution >= 0.6 is 0 Å². The van der Waals surface area contributed by atoms with Crippen molar-refractivity contribution >= 4 is 28.3 Å². The summed E-state index contributed by atoms with van der Waals surface area (Å²) in [6, 6.07) is 21.0. The third kappa shape index (κ3) is 4.26. The SMILES string of the molecule is COC(=O)CNC(=O)c1c(OCc2ccccc2)c2cccc(-c3ccccn3)c2c2ncnn12. The first kappa shape index (κ1) is 22.0. The Hall–Kier alpha value is -4.79. The van der Waals surface area contributed by atoms with E-state index < -0.39 is 11.9 Å².